The summed E-state index contributed by atoms with van der Waals surface area (Å²) in [6.07, 6.45) is 0.162. The number of sulfonamides is 1. The predicted molar refractivity (Wildman–Crippen MR) is 144 cm³/mol. The average Bonchev–Trinajstić information content (AvgIpc) is 2.90. The van der Waals surface area contributed by atoms with E-state index in [1.54, 1.807) is 43.3 Å². The minimum atomic E-state index is -4.08. The van der Waals surface area contributed by atoms with Crippen LogP contribution in [0.1, 0.15) is 11.1 Å². The largest absolute Gasteiger partial charge is 0.495 e. The summed E-state index contributed by atoms with van der Waals surface area (Å²) in [7, 11) is -2.67. The van der Waals surface area contributed by atoms with Gasteiger partial charge in [0.25, 0.3) is 0 Å². The van der Waals surface area contributed by atoms with Crippen molar-refractivity contribution in [2.24, 2.45) is 0 Å². The molecule has 4 aromatic rings. The first-order valence-corrected chi connectivity index (χ1v) is 13.2. The van der Waals surface area contributed by atoms with Crippen LogP contribution in [0, 0.1) is 6.92 Å². The van der Waals surface area contributed by atoms with Gasteiger partial charge >= 0.3 is 0 Å². The molecular formula is C29H28N2O5S. The fourth-order valence-electron chi connectivity index (χ4n) is 3.74. The minimum Gasteiger partial charge on any atom is -0.495 e. The molecule has 2 N–H and O–H groups in total. The lowest BCUT2D eigenvalue weighted by molar-refractivity contribution is -0.117. The summed E-state index contributed by atoms with van der Waals surface area (Å²) >= 11 is 0. The molecule has 1 unspecified atom stereocenters. The van der Waals surface area contributed by atoms with Crippen LogP contribution in [0.5, 0.6) is 17.2 Å². The van der Waals surface area contributed by atoms with Gasteiger partial charge in [-0.05, 0) is 73.0 Å². The number of benzene rings is 4. The van der Waals surface area contributed by atoms with Crippen LogP contribution in [-0.2, 0) is 21.2 Å². The van der Waals surface area contributed by atoms with Gasteiger partial charge in [0, 0.05) is 5.69 Å². The van der Waals surface area contributed by atoms with Gasteiger partial charge in [-0.1, -0.05) is 54.6 Å². The zero-order chi connectivity index (χ0) is 26.3. The maximum Gasteiger partial charge on any atom is 0.245 e. The van der Waals surface area contributed by atoms with Gasteiger partial charge in [-0.15, -0.1) is 0 Å². The highest BCUT2D eigenvalue weighted by atomic mass is 32.2. The van der Waals surface area contributed by atoms with Crippen molar-refractivity contribution in [2.45, 2.75) is 24.3 Å². The number of rotatable bonds is 10. The van der Waals surface area contributed by atoms with Crippen LogP contribution >= 0.6 is 0 Å². The first-order chi connectivity index (χ1) is 17.8. The van der Waals surface area contributed by atoms with E-state index in [1.807, 2.05) is 60.7 Å². The molecule has 0 aliphatic heterocycles. The third kappa shape index (κ3) is 6.97. The molecule has 0 aromatic heterocycles. The van der Waals surface area contributed by atoms with Crippen molar-refractivity contribution in [1.29, 1.82) is 0 Å². The molecule has 190 valence electrons. The fraction of sp³-hybridized carbons (Fsp3) is 0.138. The molecule has 0 saturated carbocycles. The zero-order valence-corrected chi connectivity index (χ0v) is 21.4. The highest BCUT2D eigenvalue weighted by Gasteiger charge is 2.28. The molecular weight excluding hydrogens is 488 g/mol. The SMILES string of the molecule is COc1ccc(C)cc1S(=O)(=O)NC(Cc1ccccc1)C(=O)Nc1ccc(Oc2ccccc2)cc1. The molecule has 7 nitrogen and oxygen atoms in total. The number of hydrogen-bond donors (Lipinski definition) is 2. The number of nitrogens with one attached hydrogen (secondary N) is 2. The number of amides is 1. The number of hydrogen-bond acceptors (Lipinski definition) is 5. The molecule has 1 amide bonds. The Morgan fingerprint density at radius 3 is 2.11 bits per heavy atom. The molecule has 0 spiro atoms. The van der Waals surface area contributed by atoms with Gasteiger partial charge in [-0.3, -0.25) is 4.79 Å². The van der Waals surface area contributed by atoms with Crippen molar-refractivity contribution < 1.29 is 22.7 Å². The van der Waals surface area contributed by atoms with Crippen LogP contribution in [0.4, 0.5) is 5.69 Å². The normalized spacial score (nSPS) is 11.9. The van der Waals surface area contributed by atoms with E-state index in [0.717, 1.165) is 11.1 Å². The summed E-state index contributed by atoms with van der Waals surface area (Å²) in [4.78, 5) is 13.3. The Bertz CT molecular complexity index is 1440. The van der Waals surface area contributed by atoms with E-state index in [4.69, 9.17) is 9.47 Å². The highest BCUT2D eigenvalue weighted by Crippen LogP contribution is 2.26. The smallest absolute Gasteiger partial charge is 0.245 e. The summed E-state index contributed by atoms with van der Waals surface area (Å²) in [6, 6.07) is 29.3. The second kappa shape index (κ2) is 11.7. The number of methoxy groups -OCH3 is 1. The molecule has 1 atom stereocenters. The fourth-order valence-corrected chi connectivity index (χ4v) is 5.19. The predicted octanol–water partition coefficient (Wildman–Crippen LogP) is 5.32. The van der Waals surface area contributed by atoms with Crippen molar-refractivity contribution in [3.63, 3.8) is 0 Å². The number of ether oxygens (including phenoxy) is 2. The van der Waals surface area contributed by atoms with Crippen LogP contribution in [0.3, 0.4) is 0 Å². The molecule has 8 heteroatoms. The van der Waals surface area contributed by atoms with E-state index in [-0.39, 0.29) is 17.1 Å². The number of aryl methyl sites for hydroxylation is 1. The van der Waals surface area contributed by atoms with Crippen molar-refractivity contribution in [3.8, 4) is 17.2 Å². The van der Waals surface area contributed by atoms with E-state index < -0.39 is 22.0 Å². The molecule has 4 aromatic carbocycles. The number of carbonyl (C=O) groups is 1. The monoisotopic (exact) mass is 516 g/mol. The van der Waals surface area contributed by atoms with Gasteiger partial charge in [-0.2, -0.15) is 4.72 Å². The second-order valence-corrected chi connectivity index (χ2v) is 10.1. The summed E-state index contributed by atoms with van der Waals surface area (Å²) in [5.74, 6) is 1.02. The second-order valence-electron chi connectivity index (χ2n) is 8.45. The van der Waals surface area contributed by atoms with Gasteiger partial charge in [0.1, 0.15) is 28.2 Å². The van der Waals surface area contributed by atoms with E-state index in [0.29, 0.717) is 17.2 Å². The standard InChI is InChI=1S/C29H28N2O5S/c1-21-13-18-27(35-2)28(19-21)37(33,34)31-26(20-22-9-5-3-6-10-22)29(32)30-23-14-16-25(17-15-23)36-24-11-7-4-8-12-24/h3-19,26,31H,20H2,1-2H3,(H,30,32). The Kier molecular flexibility index (Phi) is 8.22. The minimum absolute atomic E-state index is 0.0247. The Morgan fingerprint density at radius 2 is 1.46 bits per heavy atom. The van der Waals surface area contributed by atoms with E-state index in [9.17, 15) is 13.2 Å². The van der Waals surface area contributed by atoms with Crippen molar-refractivity contribution in [1.82, 2.24) is 4.72 Å². The number of carbonyl (C=O) groups excluding carboxylic acids is 1. The van der Waals surface area contributed by atoms with E-state index >= 15 is 0 Å². The Hall–Kier alpha value is -4.14. The van der Waals surface area contributed by atoms with Crippen molar-refractivity contribution >= 4 is 21.6 Å². The van der Waals surface area contributed by atoms with Crippen LogP contribution in [0.2, 0.25) is 0 Å². The molecule has 0 radical (unpaired) electrons. The zero-order valence-electron chi connectivity index (χ0n) is 20.5. The summed E-state index contributed by atoms with van der Waals surface area (Å²) in [6.45, 7) is 1.79. The van der Waals surface area contributed by atoms with E-state index in [2.05, 4.69) is 10.0 Å². The number of para-hydroxylation sites is 1. The van der Waals surface area contributed by atoms with E-state index in [1.165, 1.54) is 13.2 Å². The molecule has 0 heterocycles. The molecule has 0 saturated heterocycles. The topological polar surface area (TPSA) is 93.7 Å². The Morgan fingerprint density at radius 1 is 0.838 bits per heavy atom. The average molecular weight is 517 g/mol. The lowest BCUT2D eigenvalue weighted by Crippen LogP contribution is -2.45. The van der Waals surface area contributed by atoms with Gasteiger partial charge < -0.3 is 14.8 Å². The first-order valence-electron chi connectivity index (χ1n) is 11.7. The molecule has 0 aliphatic rings. The van der Waals surface area contributed by atoms with Gasteiger partial charge in [0.15, 0.2) is 0 Å². The van der Waals surface area contributed by atoms with Crippen molar-refractivity contribution in [2.75, 3.05) is 12.4 Å². The molecule has 0 aliphatic carbocycles. The Balaban J connectivity index is 1.54. The van der Waals surface area contributed by atoms with Gasteiger partial charge in [0.05, 0.1) is 7.11 Å². The molecule has 4 rings (SSSR count). The molecule has 0 fully saturated rings. The van der Waals surface area contributed by atoms with Crippen LogP contribution in [-0.4, -0.2) is 27.5 Å². The third-order valence-electron chi connectivity index (χ3n) is 5.61. The summed E-state index contributed by atoms with van der Waals surface area (Å²) in [5, 5.41) is 2.81. The van der Waals surface area contributed by atoms with Crippen LogP contribution < -0.4 is 19.5 Å². The maximum absolute atomic E-state index is 13.4. The maximum atomic E-state index is 13.4. The number of anilines is 1. The summed E-state index contributed by atoms with van der Waals surface area (Å²) < 4.78 is 40.3. The van der Waals surface area contributed by atoms with Gasteiger partial charge in [0.2, 0.25) is 15.9 Å². The lowest BCUT2D eigenvalue weighted by atomic mass is 10.1. The summed E-state index contributed by atoms with van der Waals surface area (Å²) in [5.41, 5.74) is 2.08. The van der Waals surface area contributed by atoms with Crippen molar-refractivity contribution in [3.05, 3.63) is 114 Å². The van der Waals surface area contributed by atoms with Gasteiger partial charge in [-0.25, -0.2) is 8.42 Å². The van der Waals surface area contributed by atoms with Crippen LogP contribution in [0.25, 0.3) is 0 Å². The van der Waals surface area contributed by atoms with Crippen LogP contribution in [0.15, 0.2) is 108 Å². The highest BCUT2D eigenvalue weighted by molar-refractivity contribution is 7.89. The third-order valence-corrected chi connectivity index (χ3v) is 7.10. The lowest BCUT2D eigenvalue weighted by Gasteiger charge is -2.20. The Labute approximate surface area is 217 Å². The first kappa shape index (κ1) is 25.9. The molecule has 37 heavy (non-hydrogen) atoms. The molecule has 0 bridgehead atoms. The quantitative estimate of drug-likeness (QED) is 0.297.